The molecule has 21 heavy (non-hydrogen) atoms. The molecule has 0 saturated heterocycles. The van der Waals surface area contributed by atoms with Gasteiger partial charge in [-0.05, 0) is 43.2 Å². The van der Waals surface area contributed by atoms with Gasteiger partial charge < -0.3 is 15.7 Å². The van der Waals surface area contributed by atoms with E-state index in [0.29, 0.717) is 11.1 Å². The lowest BCUT2D eigenvalue weighted by Gasteiger charge is -2.40. The molecule has 0 amide bonds. The number of carboxylic acid groups (broad SMARTS) is 1. The summed E-state index contributed by atoms with van der Waals surface area (Å²) in [5.41, 5.74) is 6.02. The summed E-state index contributed by atoms with van der Waals surface area (Å²) in [5, 5.41) is 9.33. The summed E-state index contributed by atoms with van der Waals surface area (Å²) >= 11 is 0. The first-order valence-electron chi connectivity index (χ1n) is 7.27. The zero-order valence-electron chi connectivity index (χ0n) is 12.8. The molecule has 0 aliphatic heterocycles. The Balaban J connectivity index is 2.30. The predicted molar refractivity (Wildman–Crippen MR) is 82.2 cm³/mol. The fourth-order valence-electron chi connectivity index (χ4n) is 3.07. The summed E-state index contributed by atoms with van der Waals surface area (Å²) in [6.45, 7) is 4.50. The minimum Gasteiger partial charge on any atom is -0.478 e. The summed E-state index contributed by atoms with van der Waals surface area (Å²) < 4.78 is 13.5. The molecule has 1 aliphatic rings. The normalized spacial score (nSPS) is 18.5. The van der Waals surface area contributed by atoms with Crippen LogP contribution in [0.3, 0.4) is 0 Å². The molecular weight excluding hydrogens is 271 g/mol. The Morgan fingerprint density at radius 1 is 1.38 bits per heavy atom. The van der Waals surface area contributed by atoms with Gasteiger partial charge in [-0.3, -0.25) is 0 Å². The molecule has 4 nitrogen and oxygen atoms in total. The number of aromatic carboxylic acids is 1. The average molecular weight is 294 g/mol. The van der Waals surface area contributed by atoms with Crippen molar-refractivity contribution in [3.8, 4) is 0 Å². The number of nitrogens with two attached hydrogens (primary N) is 1. The minimum atomic E-state index is -1.19. The summed E-state index contributed by atoms with van der Waals surface area (Å²) in [7, 11) is 1.86. The second-order valence-electron chi connectivity index (χ2n) is 6.67. The van der Waals surface area contributed by atoms with Crippen molar-refractivity contribution in [1.82, 2.24) is 0 Å². The molecule has 1 fully saturated rings. The van der Waals surface area contributed by atoms with E-state index in [0.717, 1.165) is 25.7 Å². The van der Waals surface area contributed by atoms with Crippen molar-refractivity contribution in [2.75, 3.05) is 17.7 Å². The van der Waals surface area contributed by atoms with E-state index in [2.05, 4.69) is 13.8 Å². The fourth-order valence-corrected chi connectivity index (χ4v) is 3.07. The van der Waals surface area contributed by atoms with Crippen molar-refractivity contribution >= 4 is 17.3 Å². The van der Waals surface area contributed by atoms with E-state index < -0.39 is 11.8 Å². The number of hydrogen-bond donors (Lipinski definition) is 2. The molecular formula is C16H23FN2O2. The number of nitrogen functional groups attached to an aromatic ring is 1. The van der Waals surface area contributed by atoms with Gasteiger partial charge in [0.05, 0.1) is 11.4 Å². The first-order valence-corrected chi connectivity index (χ1v) is 7.27. The van der Waals surface area contributed by atoms with Gasteiger partial charge in [-0.25, -0.2) is 9.18 Å². The first kappa shape index (κ1) is 15.6. The molecule has 0 unspecified atom stereocenters. The lowest BCUT2D eigenvalue weighted by molar-refractivity contribution is 0.0698. The van der Waals surface area contributed by atoms with Crippen LogP contribution in [-0.2, 0) is 0 Å². The average Bonchev–Trinajstić information content (AvgIpc) is 2.40. The highest BCUT2D eigenvalue weighted by Gasteiger charge is 2.31. The molecule has 0 spiro atoms. The molecule has 1 saturated carbocycles. The lowest BCUT2D eigenvalue weighted by Crippen LogP contribution is -2.38. The third-order valence-electron chi connectivity index (χ3n) is 4.62. The van der Waals surface area contributed by atoms with Crippen molar-refractivity contribution in [1.29, 1.82) is 0 Å². The van der Waals surface area contributed by atoms with Gasteiger partial charge in [-0.2, -0.15) is 0 Å². The maximum absolute atomic E-state index is 13.5. The van der Waals surface area contributed by atoms with Gasteiger partial charge in [-0.1, -0.05) is 13.8 Å². The van der Waals surface area contributed by atoms with Crippen LogP contribution in [0.25, 0.3) is 0 Å². The van der Waals surface area contributed by atoms with E-state index in [9.17, 15) is 14.3 Å². The summed E-state index contributed by atoms with van der Waals surface area (Å²) in [5.74, 6) is -1.88. The topological polar surface area (TPSA) is 66.6 Å². The molecule has 3 N–H and O–H groups in total. The Morgan fingerprint density at radius 3 is 2.48 bits per heavy atom. The number of carbonyl (C=O) groups is 1. The van der Waals surface area contributed by atoms with Crippen LogP contribution < -0.4 is 10.6 Å². The Hall–Kier alpha value is -1.78. The van der Waals surface area contributed by atoms with Crippen LogP contribution in [0.1, 0.15) is 49.9 Å². The quantitative estimate of drug-likeness (QED) is 0.837. The lowest BCUT2D eigenvalue weighted by atomic mass is 9.75. The molecule has 0 bridgehead atoms. The van der Waals surface area contributed by atoms with E-state index in [-0.39, 0.29) is 17.3 Å². The van der Waals surface area contributed by atoms with E-state index in [1.807, 2.05) is 11.9 Å². The maximum Gasteiger partial charge on any atom is 0.340 e. The van der Waals surface area contributed by atoms with Crippen LogP contribution in [0.2, 0.25) is 0 Å². The van der Waals surface area contributed by atoms with Crippen LogP contribution in [-0.4, -0.2) is 24.2 Å². The number of nitrogens with zero attached hydrogens (tertiary/aromatic N) is 1. The SMILES string of the molecule is CN(c1ccc(F)c(N)c1C(=O)O)C1CCC(C)(C)CC1. The molecule has 0 aromatic heterocycles. The molecule has 1 aromatic carbocycles. The Labute approximate surface area is 124 Å². The second kappa shape index (κ2) is 5.54. The van der Waals surface area contributed by atoms with Crippen LogP contribution in [0.5, 0.6) is 0 Å². The molecule has 5 heteroatoms. The highest BCUT2D eigenvalue weighted by molar-refractivity contribution is 6.00. The molecule has 2 rings (SSSR count). The van der Waals surface area contributed by atoms with Gasteiger partial charge in [-0.15, -0.1) is 0 Å². The van der Waals surface area contributed by atoms with Crippen LogP contribution in [0.15, 0.2) is 12.1 Å². The third-order valence-corrected chi connectivity index (χ3v) is 4.62. The van der Waals surface area contributed by atoms with Crippen LogP contribution in [0.4, 0.5) is 15.8 Å². The van der Waals surface area contributed by atoms with Crippen molar-refractivity contribution in [2.45, 2.75) is 45.6 Å². The van der Waals surface area contributed by atoms with Gasteiger partial charge in [0, 0.05) is 13.1 Å². The number of halogens is 1. The summed E-state index contributed by atoms with van der Waals surface area (Å²) in [6, 6.07) is 3.01. The molecule has 116 valence electrons. The van der Waals surface area contributed by atoms with E-state index >= 15 is 0 Å². The number of benzene rings is 1. The van der Waals surface area contributed by atoms with Crippen LogP contribution in [0, 0.1) is 11.2 Å². The maximum atomic E-state index is 13.5. The minimum absolute atomic E-state index is 0.137. The zero-order chi connectivity index (χ0) is 15.8. The summed E-state index contributed by atoms with van der Waals surface area (Å²) in [6.07, 6.45) is 4.20. The standard InChI is InChI=1S/C16H23FN2O2/c1-16(2)8-6-10(7-9-16)19(3)12-5-4-11(17)14(18)13(12)15(20)21/h4-5,10H,6-9,18H2,1-3H3,(H,20,21). The van der Waals surface area contributed by atoms with E-state index in [1.165, 1.54) is 12.1 Å². The predicted octanol–water partition coefficient (Wildman–Crippen LogP) is 3.51. The zero-order valence-corrected chi connectivity index (χ0v) is 12.8. The van der Waals surface area contributed by atoms with Crippen molar-refractivity contribution in [3.63, 3.8) is 0 Å². The Bertz CT molecular complexity index is 547. The van der Waals surface area contributed by atoms with E-state index in [1.54, 1.807) is 0 Å². The largest absolute Gasteiger partial charge is 0.478 e. The van der Waals surface area contributed by atoms with Gasteiger partial charge in [0.1, 0.15) is 11.4 Å². The fraction of sp³-hybridized carbons (Fsp3) is 0.562. The molecule has 1 aliphatic carbocycles. The second-order valence-corrected chi connectivity index (χ2v) is 6.67. The first-order chi connectivity index (χ1) is 9.73. The van der Waals surface area contributed by atoms with Gasteiger partial charge in [0.2, 0.25) is 0 Å². The van der Waals surface area contributed by atoms with Gasteiger partial charge >= 0.3 is 5.97 Å². The highest BCUT2D eigenvalue weighted by atomic mass is 19.1. The van der Waals surface area contributed by atoms with Gasteiger partial charge in [0.25, 0.3) is 0 Å². The molecule has 0 heterocycles. The summed E-state index contributed by atoms with van der Waals surface area (Å²) in [4.78, 5) is 13.4. The molecule has 0 atom stereocenters. The van der Waals surface area contributed by atoms with Gasteiger partial charge in [0.15, 0.2) is 0 Å². The van der Waals surface area contributed by atoms with E-state index in [4.69, 9.17) is 5.73 Å². The highest BCUT2D eigenvalue weighted by Crippen LogP contribution is 2.39. The third kappa shape index (κ3) is 3.12. The number of carboxylic acids is 1. The van der Waals surface area contributed by atoms with Crippen molar-refractivity contribution in [2.24, 2.45) is 5.41 Å². The molecule has 0 radical (unpaired) electrons. The van der Waals surface area contributed by atoms with Crippen LogP contribution >= 0.6 is 0 Å². The smallest absolute Gasteiger partial charge is 0.340 e. The van der Waals surface area contributed by atoms with Crippen molar-refractivity contribution in [3.05, 3.63) is 23.5 Å². The number of hydrogen-bond acceptors (Lipinski definition) is 3. The Morgan fingerprint density at radius 2 is 1.95 bits per heavy atom. The van der Waals surface area contributed by atoms with Crippen molar-refractivity contribution < 1.29 is 14.3 Å². The number of rotatable bonds is 3. The monoisotopic (exact) mass is 294 g/mol. The number of anilines is 2. The molecule has 1 aromatic rings. The Kier molecular flexibility index (Phi) is 4.12.